The van der Waals surface area contributed by atoms with Crippen LogP contribution in [-0.2, 0) is 10.0 Å². The number of halogens is 3. The number of anilines is 1. The smallest absolute Gasteiger partial charge is 0.261 e. The van der Waals surface area contributed by atoms with Crippen LogP contribution >= 0.6 is 0 Å². The summed E-state index contributed by atoms with van der Waals surface area (Å²) in [5.74, 6) is -4.95. The van der Waals surface area contributed by atoms with Crippen LogP contribution in [0.1, 0.15) is 24.2 Å². The van der Waals surface area contributed by atoms with Gasteiger partial charge in [0.25, 0.3) is 15.9 Å². The lowest BCUT2D eigenvalue weighted by Gasteiger charge is -2.11. The second kappa shape index (κ2) is 7.77. The third kappa shape index (κ3) is 4.54. The van der Waals surface area contributed by atoms with Crippen molar-refractivity contribution in [2.45, 2.75) is 18.7 Å². The van der Waals surface area contributed by atoms with Crippen LogP contribution < -0.4 is 10.0 Å². The van der Waals surface area contributed by atoms with Gasteiger partial charge in [-0.3, -0.25) is 9.52 Å². The highest BCUT2D eigenvalue weighted by molar-refractivity contribution is 7.92. The van der Waals surface area contributed by atoms with E-state index in [0.29, 0.717) is 12.6 Å². The van der Waals surface area contributed by atoms with Gasteiger partial charge < -0.3 is 5.32 Å². The summed E-state index contributed by atoms with van der Waals surface area (Å²) in [5, 5.41) is 2.68. The van der Waals surface area contributed by atoms with Gasteiger partial charge in [0.15, 0.2) is 17.5 Å². The highest BCUT2D eigenvalue weighted by atomic mass is 32.2. The fourth-order valence-corrected chi connectivity index (χ4v) is 3.05. The lowest BCUT2D eigenvalue weighted by atomic mass is 10.2. The van der Waals surface area contributed by atoms with Gasteiger partial charge in [-0.15, -0.1) is 0 Å². The van der Waals surface area contributed by atoms with Gasteiger partial charge in [-0.2, -0.15) is 0 Å². The Labute approximate surface area is 149 Å². The van der Waals surface area contributed by atoms with E-state index in [0.717, 1.165) is 18.2 Å². The standard InChI is InChI=1S/C17H17F3N2O3S/c1-10(2)9-21-17(23)11-3-5-12(6-4-11)26(24,25)22-14-8-7-13(18)15(19)16(14)20/h3-8,10,22H,9H2,1-2H3,(H,21,23). The van der Waals surface area contributed by atoms with Crippen molar-refractivity contribution in [1.82, 2.24) is 5.32 Å². The van der Waals surface area contributed by atoms with Gasteiger partial charge in [-0.1, -0.05) is 13.8 Å². The van der Waals surface area contributed by atoms with Crippen molar-refractivity contribution in [3.63, 3.8) is 0 Å². The molecule has 9 heteroatoms. The molecule has 5 nitrogen and oxygen atoms in total. The zero-order chi connectivity index (χ0) is 19.5. The molecule has 0 unspecified atom stereocenters. The minimum Gasteiger partial charge on any atom is -0.352 e. The van der Waals surface area contributed by atoms with Crippen molar-refractivity contribution < 1.29 is 26.4 Å². The molecule has 0 aromatic heterocycles. The Morgan fingerprint density at radius 2 is 1.62 bits per heavy atom. The number of carbonyl (C=O) groups excluding carboxylic acids is 1. The molecule has 0 fully saturated rings. The minimum absolute atomic E-state index is 0.253. The summed E-state index contributed by atoms with van der Waals surface area (Å²) in [7, 11) is -4.24. The molecular weight excluding hydrogens is 369 g/mol. The molecule has 0 atom stereocenters. The number of hydrogen-bond acceptors (Lipinski definition) is 3. The molecule has 0 aliphatic rings. The number of hydrogen-bond donors (Lipinski definition) is 2. The topological polar surface area (TPSA) is 75.3 Å². The Hall–Kier alpha value is -2.55. The van der Waals surface area contributed by atoms with Crippen LogP contribution in [0.25, 0.3) is 0 Å². The molecule has 2 rings (SSSR count). The van der Waals surface area contributed by atoms with Gasteiger partial charge in [-0.25, -0.2) is 21.6 Å². The van der Waals surface area contributed by atoms with E-state index in [1.54, 1.807) is 0 Å². The summed E-state index contributed by atoms with van der Waals surface area (Å²) >= 11 is 0. The van der Waals surface area contributed by atoms with Gasteiger partial charge in [0, 0.05) is 12.1 Å². The molecule has 0 radical (unpaired) electrons. The van der Waals surface area contributed by atoms with Gasteiger partial charge >= 0.3 is 0 Å². The summed E-state index contributed by atoms with van der Waals surface area (Å²) in [6, 6.07) is 6.30. The first-order chi connectivity index (χ1) is 12.1. The molecule has 2 N–H and O–H groups in total. The molecule has 0 aliphatic carbocycles. The van der Waals surface area contributed by atoms with E-state index < -0.39 is 33.2 Å². The predicted octanol–water partition coefficient (Wildman–Crippen LogP) is 3.29. The maximum Gasteiger partial charge on any atom is 0.261 e. The van der Waals surface area contributed by atoms with Gasteiger partial charge in [0.05, 0.1) is 10.6 Å². The molecule has 2 aromatic rings. The second-order valence-electron chi connectivity index (χ2n) is 5.96. The van der Waals surface area contributed by atoms with Crippen molar-refractivity contribution in [1.29, 1.82) is 0 Å². The fraction of sp³-hybridized carbons (Fsp3) is 0.235. The van der Waals surface area contributed by atoms with Crippen LogP contribution in [0, 0.1) is 23.4 Å². The lowest BCUT2D eigenvalue weighted by Crippen LogP contribution is -2.27. The largest absolute Gasteiger partial charge is 0.352 e. The van der Waals surface area contributed by atoms with E-state index in [1.807, 2.05) is 18.6 Å². The Morgan fingerprint density at radius 3 is 2.19 bits per heavy atom. The third-order valence-electron chi connectivity index (χ3n) is 3.38. The molecule has 0 spiro atoms. The van der Waals surface area contributed by atoms with Crippen LogP contribution in [0.4, 0.5) is 18.9 Å². The fourth-order valence-electron chi connectivity index (χ4n) is 1.99. The average Bonchev–Trinajstić information content (AvgIpc) is 2.60. The molecule has 2 aromatic carbocycles. The summed E-state index contributed by atoms with van der Waals surface area (Å²) in [6.45, 7) is 4.33. The van der Waals surface area contributed by atoms with Gasteiger partial charge in [0.1, 0.15) is 0 Å². The number of amides is 1. The number of rotatable bonds is 6. The molecule has 0 saturated carbocycles. The molecular formula is C17H17F3N2O3S. The summed E-state index contributed by atoms with van der Waals surface area (Å²) in [5.41, 5.74) is -0.466. The van der Waals surface area contributed by atoms with Crippen LogP contribution in [0.3, 0.4) is 0 Å². The Bertz CT molecular complexity index is 914. The van der Waals surface area contributed by atoms with Gasteiger partial charge in [0.2, 0.25) is 0 Å². The molecule has 0 saturated heterocycles. The molecule has 26 heavy (non-hydrogen) atoms. The summed E-state index contributed by atoms with van der Waals surface area (Å²) in [6.07, 6.45) is 0. The SMILES string of the molecule is CC(C)CNC(=O)c1ccc(S(=O)(=O)Nc2ccc(F)c(F)c2F)cc1. The Kier molecular flexibility index (Phi) is 5.91. The number of carbonyl (C=O) groups is 1. The molecule has 1 amide bonds. The van der Waals surface area contributed by atoms with E-state index in [9.17, 15) is 26.4 Å². The first kappa shape index (κ1) is 19.8. The van der Waals surface area contributed by atoms with E-state index in [4.69, 9.17) is 0 Å². The van der Waals surface area contributed by atoms with Crippen molar-refractivity contribution in [2.24, 2.45) is 5.92 Å². The quantitative estimate of drug-likeness (QED) is 0.748. The Morgan fingerprint density at radius 1 is 1.00 bits per heavy atom. The second-order valence-corrected chi connectivity index (χ2v) is 7.64. The summed E-state index contributed by atoms with van der Waals surface area (Å²) < 4.78 is 66.1. The van der Waals surface area contributed by atoms with Crippen LogP contribution in [0.5, 0.6) is 0 Å². The zero-order valence-electron chi connectivity index (χ0n) is 14.0. The van der Waals surface area contributed by atoms with Crippen LogP contribution in [-0.4, -0.2) is 20.9 Å². The van der Waals surface area contributed by atoms with E-state index in [-0.39, 0.29) is 22.3 Å². The van der Waals surface area contributed by atoms with Crippen molar-refractivity contribution in [3.8, 4) is 0 Å². The van der Waals surface area contributed by atoms with Crippen molar-refractivity contribution in [3.05, 3.63) is 59.4 Å². The molecule has 0 aliphatic heterocycles. The van der Waals surface area contributed by atoms with E-state index in [2.05, 4.69) is 5.32 Å². The number of benzene rings is 2. The predicted molar refractivity (Wildman–Crippen MR) is 90.7 cm³/mol. The Balaban J connectivity index is 2.20. The normalized spacial score (nSPS) is 11.5. The van der Waals surface area contributed by atoms with Crippen molar-refractivity contribution in [2.75, 3.05) is 11.3 Å². The first-order valence-corrected chi connectivity index (χ1v) is 9.14. The van der Waals surface area contributed by atoms with E-state index >= 15 is 0 Å². The first-order valence-electron chi connectivity index (χ1n) is 7.66. The number of nitrogens with one attached hydrogen (secondary N) is 2. The molecule has 140 valence electrons. The minimum atomic E-state index is -4.24. The van der Waals surface area contributed by atoms with Crippen molar-refractivity contribution >= 4 is 21.6 Å². The van der Waals surface area contributed by atoms with Crippen LogP contribution in [0.15, 0.2) is 41.3 Å². The number of sulfonamides is 1. The zero-order valence-corrected chi connectivity index (χ0v) is 14.8. The third-order valence-corrected chi connectivity index (χ3v) is 4.76. The van der Waals surface area contributed by atoms with Crippen LogP contribution in [0.2, 0.25) is 0 Å². The summed E-state index contributed by atoms with van der Waals surface area (Å²) in [4.78, 5) is 11.7. The average molecular weight is 386 g/mol. The maximum absolute atomic E-state index is 13.6. The van der Waals surface area contributed by atoms with Gasteiger partial charge in [-0.05, 0) is 42.3 Å². The maximum atomic E-state index is 13.6. The lowest BCUT2D eigenvalue weighted by molar-refractivity contribution is 0.0949. The van der Waals surface area contributed by atoms with E-state index in [1.165, 1.54) is 12.1 Å². The molecule has 0 heterocycles. The highest BCUT2D eigenvalue weighted by Gasteiger charge is 2.20. The monoisotopic (exact) mass is 386 g/mol. The molecule has 0 bridgehead atoms. The highest BCUT2D eigenvalue weighted by Crippen LogP contribution is 2.23.